The molecule has 0 saturated carbocycles. The monoisotopic (exact) mass is 332 g/mol. The maximum atomic E-state index is 13.5. The third-order valence-corrected chi connectivity index (χ3v) is 6.19. The molecule has 0 fully saturated rings. The highest BCUT2D eigenvalue weighted by Gasteiger charge is 2.29. The number of phenols is 1. The van der Waals surface area contributed by atoms with Gasteiger partial charge in [0.2, 0.25) is 0 Å². The molecule has 0 saturated heterocycles. The summed E-state index contributed by atoms with van der Waals surface area (Å²) >= 11 is 0. The van der Waals surface area contributed by atoms with Crippen LogP contribution in [0.3, 0.4) is 0 Å². The minimum Gasteiger partial charge on any atom is -0.507 e. The van der Waals surface area contributed by atoms with E-state index in [-0.39, 0.29) is 19.5 Å². The first-order valence-corrected chi connectivity index (χ1v) is 8.66. The Hall–Kier alpha value is -1.73. The van der Waals surface area contributed by atoms with Crippen LogP contribution in [0, 0.1) is 12.7 Å². The van der Waals surface area contributed by atoms with E-state index >= 15 is 0 Å². The fraction of sp³-hybridized carbons (Fsp3) is 0.316. The summed E-state index contributed by atoms with van der Waals surface area (Å²) in [5.41, 5.74) is 2.13. The Balaban J connectivity index is 2.51. The number of carbonyl (C=O) groups excluding carboxylic acids is 1. The molecular formula is C19H22FO2P. The molecule has 2 aromatic carbocycles. The first kappa shape index (κ1) is 17.6. The summed E-state index contributed by atoms with van der Waals surface area (Å²) < 4.78 is 13.5. The molecule has 0 aromatic heterocycles. The van der Waals surface area contributed by atoms with Crippen LogP contribution in [0.2, 0.25) is 0 Å². The van der Waals surface area contributed by atoms with E-state index in [1.54, 1.807) is 6.07 Å². The normalized spacial score (nSPS) is 14.1. The number of benzene rings is 2. The van der Waals surface area contributed by atoms with Gasteiger partial charge in [0.15, 0.2) is 5.78 Å². The molecule has 0 aliphatic rings. The lowest BCUT2D eigenvalue weighted by molar-refractivity contribution is 0.101. The fourth-order valence-corrected chi connectivity index (χ4v) is 4.32. The van der Waals surface area contributed by atoms with Crippen LogP contribution in [0.1, 0.15) is 48.7 Å². The molecule has 2 atom stereocenters. The topological polar surface area (TPSA) is 37.3 Å². The van der Waals surface area contributed by atoms with Crippen molar-refractivity contribution in [1.82, 2.24) is 0 Å². The van der Waals surface area contributed by atoms with Crippen LogP contribution >= 0.6 is 8.58 Å². The lowest BCUT2D eigenvalue weighted by Crippen LogP contribution is -2.21. The quantitative estimate of drug-likeness (QED) is 0.638. The average Bonchev–Trinajstić information content (AvgIpc) is 2.51. The number of hydrogen-bond acceptors (Lipinski definition) is 2. The molecule has 2 aromatic rings. The van der Waals surface area contributed by atoms with Crippen LogP contribution < -0.4 is 5.30 Å². The van der Waals surface area contributed by atoms with Crippen LogP contribution in [0.25, 0.3) is 0 Å². The van der Waals surface area contributed by atoms with Crippen molar-refractivity contribution in [1.29, 1.82) is 0 Å². The van der Waals surface area contributed by atoms with Crippen LogP contribution in [-0.4, -0.2) is 10.9 Å². The van der Waals surface area contributed by atoms with E-state index in [9.17, 15) is 14.3 Å². The molecule has 23 heavy (non-hydrogen) atoms. The van der Waals surface area contributed by atoms with Crippen LogP contribution in [-0.2, 0) is 5.16 Å². The van der Waals surface area contributed by atoms with Crippen molar-refractivity contribution >= 4 is 19.7 Å². The number of ketones is 1. The summed E-state index contributed by atoms with van der Waals surface area (Å²) in [5.74, 6) is -0.241. The van der Waals surface area contributed by atoms with Crippen LogP contribution in [0.5, 0.6) is 5.75 Å². The van der Waals surface area contributed by atoms with Crippen molar-refractivity contribution in [2.24, 2.45) is 0 Å². The minimum absolute atomic E-state index is 0.140. The minimum atomic E-state index is -0.402. The van der Waals surface area contributed by atoms with Gasteiger partial charge in [-0.05, 0) is 43.3 Å². The zero-order chi connectivity index (χ0) is 17.2. The molecule has 4 heteroatoms. The second-order valence-corrected chi connectivity index (χ2v) is 7.92. The number of carbonyl (C=O) groups is 1. The van der Waals surface area contributed by atoms with E-state index in [1.807, 2.05) is 25.1 Å². The van der Waals surface area contributed by atoms with Crippen LogP contribution in [0.15, 0.2) is 36.4 Å². The van der Waals surface area contributed by atoms with Gasteiger partial charge in [-0.1, -0.05) is 46.7 Å². The lowest BCUT2D eigenvalue weighted by Gasteiger charge is -2.31. The number of phenolic OH excluding ortho intramolecular Hbond substituents is 1. The SMILES string of the molecule is CCC(C)(Pc1ccc(F)cc1C(C)=O)c1cccc(C)c1O. The van der Waals surface area contributed by atoms with Crippen molar-refractivity contribution < 1.29 is 14.3 Å². The van der Waals surface area contributed by atoms with Gasteiger partial charge in [0.1, 0.15) is 11.6 Å². The Morgan fingerprint density at radius 2 is 2.00 bits per heavy atom. The van der Waals surface area contributed by atoms with Gasteiger partial charge in [0.05, 0.1) is 0 Å². The van der Waals surface area contributed by atoms with Crippen molar-refractivity contribution in [3.63, 3.8) is 0 Å². The van der Waals surface area contributed by atoms with Gasteiger partial charge < -0.3 is 5.11 Å². The molecule has 0 radical (unpaired) electrons. The fourth-order valence-electron chi connectivity index (χ4n) is 2.66. The summed E-state index contributed by atoms with van der Waals surface area (Å²) in [4.78, 5) is 11.8. The molecule has 0 heterocycles. The molecule has 0 aliphatic carbocycles. The Labute approximate surface area is 138 Å². The second-order valence-electron chi connectivity index (χ2n) is 6.03. The number of para-hydroxylation sites is 1. The summed E-state index contributed by atoms with van der Waals surface area (Å²) in [5, 5.41) is 11.0. The highest BCUT2D eigenvalue weighted by atomic mass is 31.1. The standard InChI is InChI=1S/C19H22FO2P/c1-5-19(4,16-8-6-7-12(2)18(16)22)23-17-10-9-14(20)11-15(17)13(3)21/h6-11,22-23H,5H2,1-4H3. The average molecular weight is 332 g/mol. The highest BCUT2D eigenvalue weighted by Crippen LogP contribution is 2.48. The van der Waals surface area contributed by atoms with Gasteiger partial charge in [-0.25, -0.2) is 4.39 Å². The van der Waals surface area contributed by atoms with Gasteiger partial charge in [-0.15, -0.1) is 0 Å². The van der Waals surface area contributed by atoms with Crippen molar-refractivity contribution in [2.45, 2.75) is 39.3 Å². The van der Waals surface area contributed by atoms with Gasteiger partial charge in [0.25, 0.3) is 0 Å². The van der Waals surface area contributed by atoms with Crippen LogP contribution in [0.4, 0.5) is 4.39 Å². The maximum absolute atomic E-state index is 13.5. The van der Waals surface area contributed by atoms with E-state index in [4.69, 9.17) is 0 Å². The van der Waals surface area contributed by atoms with E-state index in [0.29, 0.717) is 11.3 Å². The number of halogens is 1. The number of aromatic hydroxyl groups is 1. The largest absolute Gasteiger partial charge is 0.507 e. The number of aryl methyl sites for hydroxylation is 1. The molecule has 0 aliphatic heterocycles. The predicted molar refractivity (Wildman–Crippen MR) is 94.8 cm³/mol. The summed E-state index contributed by atoms with van der Waals surface area (Å²) in [7, 11) is 0.259. The first-order valence-electron chi connectivity index (χ1n) is 7.66. The molecular weight excluding hydrogens is 310 g/mol. The summed E-state index contributed by atoms with van der Waals surface area (Å²) in [6, 6.07) is 10.1. The van der Waals surface area contributed by atoms with Gasteiger partial charge in [-0.2, -0.15) is 0 Å². The number of Topliss-reactive ketones (excluding diaryl/α,β-unsaturated/α-hetero) is 1. The zero-order valence-electron chi connectivity index (χ0n) is 13.9. The lowest BCUT2D eigenvalue weighted by atomic mass is 9.94. The van der Waals surface area contributed by atoms with Gasteiger partial charge in [-0.3, -0.25) is 4.79 Å². The molecule has 2 nitrogen and oxygen atoms in total. The highest BCUT2D eigenvalue weighted by molar-refractivity contribution is 7.48. The Morgan fingerprint density at radius 3 is 2.61 bits per heavy atom. The molecule has 1 N–H and O–H groups in total. The number of rotatable bonds is 5. The van der Waals surface area contributed by atoms with Crippen molar-refractivity contribution in [3.8, 4) is 5.75 Å². The summed E-state index contributed by atoms with van der Waals surface area (Å²) in [6.45, 7) is 7.46. The van der Waals surface area contributed by atoms with E-state index < -0.39 is 5.82 Å². The maximum Gasteiger partial charge on any atom is 0.160 e. The molecule has 2 rings (SSSR count). The first-order chi connectivity index (χ1) is 10.8. The Kier molecular flexibility index (Phi) is 5.21. The number of hydrogen-bond donors (Lipinski definition) is 1. The third-order valence-electron chi connectivity index (χ3n) is 4.31. The molecule has 0 bridgehead atoms. The predicted octanol–water partition coefficient (Wildman–Crippen LogP) is 4.67. The van der Waals surface area contributed by atoms with Crippen molar-refractivity contribution in [3.05, 3.63) is 58.9 Å². The van der Waals surface area contributed by atoms with Gasteiger partial charge in [0, 0.05) is 16.3 Å². The Morgan fingerprint density at radius 1 is 1.30 bits per heavy atom. The van der Waals surface area contributed by atoms with E-state index in [0.717, 1.165) is 22.9 Å². The summed E-state index contributed by atoms with van der Waals surface area (Å²) in [6.07, 6.45) is 0.803. The third kappa shape index (κ3) is 3.61. The van der Waals surface area contributed by atoms with E-state index in [2.05, 4.69) is 13.8 Å². The molecule has 0 amide bonds. The van der Waals surface area contributed by atoms with Gasteiger partial charge >= 0.3 is 0 Å². The van der Waals surface area contributed by atoms with Crippen molar-refractivity contribution in [2.75, 3.05) is 0 Å². The second kappa shape index (κ2) is 6.80. The molecule has 122 valence electrons. The molecule has 2 unspecified atom stereocenters. The zero-order valence-corrected chi connectivity index (χ0v) is 14.9. The Bertz CT molecular complexity index is 742. The molecule has 0 spiro atoms. The smallest absolute Gasteiger partial charge is 0.160 e. The van der Waals surface area contributed by atoms with E-state index in [1.165, 1.54) is 19.1 Å².